The van der Waals surface area contributed by atoms with E-state index in [-0.39, 0.29) is 0 Å². The van der Waals surface area contributed by atoms with Gasteiger partial charge in [-0.15, -0.1) is 0 Å². The summed E-state index contributed by atoms with van der Waals surface area (Å²) in [5, 5.41) is 6.78. The Bertz CT molecular complexity index is 402. The molecule has 0 bridgehead atoms. The summed E-state index contributed by atoms with van der Waals surface area (Å²) in [6.45, 7) is 4.56. The summed E-state index contributed by atoms with van der Waals surface area (Å²) in [7, 11) is 2.04. The maximum Gasteiger partial charge on any atom is 0.226 e. The molecule has 1 aromatic heterocycles. The van der Waals surface area contributed by atoms with Gasteiger partial charge in [0.2, 0.25) is 11.8 Å². The van der Waals surface area contributed by atoms with E-state index in [1.807, 2.05) is 27.0 Å². The van der Waals surface area contributed by atoms with Crippen LogP contribution < -0.4 is 15.4 Å². The SMILES string of the molecule is CCOc1cc(C)nc(NC2CCC(NC)CC2)n1. The number of nitrogens with one attached hydrogen (secondary N) is 2. The number of hydrogen-bond donors (Lipinski definition) is 2. The highest BCUT2D eigenvalue weighted by Gasteiger charge is 2.20. The number of aryl methyl sites for hydroxylation is 1. The molecule has 19 heavy (non-hydrogen) atoms. The van der Waals surface area contributed by atoms with E-state index in [0.29, 0.717) is 30.5 Å². The van der Waals surface area contributed by atoms with Crippen LogP contribution in [-0.4, -0.2) is 35.7 Å². The number of ether oxygens (including phenoxy) is 1. The van der Waals surface area contributed by atoms with Gasteiger partial charge < -0.3 is 15.4 Å². The number of aromatic nitrogens is 2. The average Bonchev–Trinajstić information content (AvgIpc) is 2.39. The predicted octanol–water partition coefficient (Wildman–Crippen LogP) is 2.13. The van der Waals surface area contributed by atoms with Crippen molar-refractivity contribution >= 4 is 5.95 Å². The van der Waals surface area contributed by atoms with Gasteiger partial charge in [0.05, 0.1) is 6.61 Å². The van der Waals surface area contributed by atoms with Gasteiger partial charge in [0.1, 0.15) is 0 Å². The topological polar surface area (TPSA) is 59.1 Å². The fourth-order valence-electron chi connectivity index (χ4n) is 2.54. The van der Waals surface area contributed by atoms with Crippen LogP contribution in [0.15, 0.2) is 6.07 Å². The second kappa shape index (κ2) is 6.70. The summed E-state index contributed by atoms with van der Waals surface area (Å²) in [5.41, 5.74) is 0.935. The minimum absolute atomic E-state index is 0.473. The average molecular weight is 264 g/mol. The molecule has 5 heteroatoms. The zero-order chi connectivity index (χ0) is 13.7. The molecule has 2 rings (SSSR count). The van der Waals surface area contributed by atoms with Crippen molar-refractivity contribution in [3.05, 3.63) is 11.8 Å². The van der Waals surface area contributed by atoms with E-state index in [2.05, 4.69) is 20.6 Å². The van der Waals surface area contributed by atoms with Crippen LogP contribution in [0, 0.1) is 6.92 Å². The highest BCUT2D eigenvalue weighted by molar-refractivity contribution is 5.31. The van der Waals surface area contributed by atoms with Crippen molar-refractivity contribution in [2.75, 3.05) is 19.0 Å². The van der Waals surface area contributed by atoms with Crippen molar-refractivity contribution in [1.82, 2.24) is 15.3 Å². The van der Waals surface area contributed by atoms with Crippen molar-refractivity contribution in [2.45, 2.75) is 51.6 Å². The van der Waals surface area contributed by atoms with Gasteiger partial charge in [0.15, 0.2) is 0 Å². The van der Waals surface area contributed by atoms with Crippen LogP contribution in [0.2, 0.25) is 0 Å². The van der Waals surface area contributed by atoms with Crippen LogP contribution >= 0.6 is 0 Å². The minimum Gasteiger partial charge on any atom is -0.478 e. The Labute approximate surface area is 115 Å². The Morgan fingerprint density at radius 2 is 1.89 bits per heavy atom. The smallest absolute Gasteiger partial charge is 0.226 e. The number of anilines is 1. The quantitative estimate of drug-likeness (QED) is 0.853. The third kappa shape index (κ3) is 4.06. The van der Waals surface area contributed by atoms with Crippen LogP contribution in [0.5, 0.6) is 5.88 Å². The highest BCUT2D eigenvalue weighted by Crippen LogP contribution is 2.21. The fourth-order valence-corrected chi connectivity index (χ4v) is 2.54. The van der Waals surface area contributed by atoms with Crippen molar-refractivity contribution in [2.24, 2.45) is 0 Å². The van der Waals surface area contributed by atoms with Gasteiger partial charge in [-0.3, -0.25) is 0 Å². The largest absolute Gasteiger partial charge is 0.478 e. The summed E-state index contributed by atoms with van der Waals surface area (Å²) in [6.07, 6.45) is 4.73. The van der Waals surface area contributed by atoms with Gasteiger partial charge in [-0.25, -0.2) is 4.98 Å². The van der Waals surface area contributed by atoms with Crippen LogP contribution in [0.25, 0.3) is 0 Å². The summed E-state index contributed by atoms with van der Waals surface area (Å²) < 4.78 is 5.45. The molecule has 0 aromatic carbocycles. The zero-order valence-electron chi connectivity index (χ0n) is 12.1. The van der Waals surface area contributed by atoms with Gasteiger partial charge in [-0.1, -0.05) is 0 Å². The first kappa shape index (κ1) is 14.1. The van der Waals surface area contributed by atoms with E-state index in [1.54, 1.807) is 0 Å². The molecular weight excluding hydrogens is 240 g/mol. The second-order valence-electron chi connectivity index (χ2n) is 5.09. The Morgan fingerprint density at radius 3 is 2.53 bits per heavy atom. The molecule has 5 nitrogen and oxygen atoms in total. The summed E-state index contributed by atoms with van der Waals surface area (Å²) in [5.74, 6) is 1.35. The lowest BCUT2D eigenvalue weighted by atomic mass is 9.91. The summed E-state index contributed by atoms with van der Waals surface area (Å²) in [6, 6.07) is 3.00. The molecule has 1 aromatic rings. The zero-order valence-corrected chi connectivity index (χ0v) is 12.1. The molecule has 0 amide bonds. The molecule has 1 saturated carbocycles. The third-order valence-corrected chi connectivity index (χ3v) is 3.59. The molecule has 106 valence electrons. The van der Waals surface area contributed by atoms with Crippen LogP contribution in [0.3, 0.4) is 0 Å². The van der Waals surface area contributed by atoms with Crippen LogP contribution in [-0.2, 0) is 0 Å². The molecule has 1 aliphatic carbocycles. The molecule has 0 atom stereocenters. The summed E-state index contributed by atoms with van der Waals surface area (Å²) >= 11 is 0. The molecule has 0 aliphatic heterocycles. The van der Waals surface area contributed by atoms with Crippen LogP contribution in [0.4, 0.5) is 5.95 Å². The first-order chi connectivity index (χ1) is 9.21. The second-order valence-corrected chi connectivity index (χ2v) is 5.09. The maximum atomic E-state index is 5.45. The Morgan fingerprint density at radius 1 is 1.21 bits per heavy atom. The van der Waals surface area contributed by atoms with Crippen molar-refractivity contribution in [3.63, 3.8) is 0 Å². The molecular formula is C14H24N4O. The number of hydrogen-bond acceptors (Lipinski definition) is 5. The van der Waals surface area contributed by atoms with Crippen molar-refractivity contribution in [3.8, 4) is 5.88 Å². The molecule has 0 unspecified atom stereocenters. The third-order valence-electron chi connectivity index (χ3n) is 3.59. The Hall–Kier alpha value is -1.36. The van der Waals surface area contributed by atoms with Gasteiger partial charge in [0.25, 0.3) is 0 Å². The van der Waals surface area contributed by atoms with E-state index in [9.17, 15) is 0 Å². The van der Waals surface area contributed by atoms with Gasteiger partial charge in [-0.2, -0.15) is 4.98 Å². The predicted molar refractivity (Wildman–Crippen MR) is 76.7 cm³/mol. The van der Waals surface area contributed by atoms with Gasteiger partial charge in [0, 0.05) is 23.8 Å². The van der Waals surface area contributed by atoms with E-state index in [4.69, 9.17) is 4.74 Å². The lowest BCUT2D eigenvalue weighted by Gasteiger charge is -2.28. The molecule has 2 N–H and O–H groups in total. The Balaban J connectivity index is 1.95. The van der Waals surface area contributed by atoms with E-state index in [1.165, 1.54) is 12.8 Å². The standard InChI is InChI=1S/C14H24N4O/c1-4-19-13-9-10(2)16-14(18-13)17-12-7-5-11(15-3)6-8-12/h9,11-12,15H,4-8H2,1-3H3,(H,16,17,18). The lowest BCUT2D eigenvalue weighted by molar-refractivity contribution is 0.325. The van der Waals surface area contributed by atoms with E-state index in [0.717, 1.165) is 18.5 Å². The first-order valence-corrected chi connectivity index (χ1v) is 7.13. The van der Waals surface area contributed by atoms with E-state index >= 15 is 0 Å². The van der Waals surface area contributed by atoms with Gasteiger partial charge in [-0.05, 0) is 46.6 Å². The normalized spacial score (nSPS) is 23.1. The molecule has 0 radical (unpaired) electrons. The summed E-state index contributed by atoms with van der Waals surface area (Å²) in [4.78, 5) is 8.83. The molecule has 0 saturated heterocycles. The van der Waals surface area contributed by atoms with Crippen LogP contribution in [0.1, 0.15) is 38.3 Å². The first-order valence-electron chi connectivity index (χ1n) is 7.13. The monoisotopic (exact) mass is 264 g/mol. The van der Waals surface area contributed by atoms with Crippen molar-refractivity contribution in [1.29, 1.82) is 0 Å². The molecule has 1 heterocycles. The minimum atomic E-state index is 0.473. The lowest BCUT2D eigenvalue weighted by Crippen LogP contribution is -2.35. The van der Waals surface area contributed by atoms with Crippen molar-refractivity contribution < 1.29 is 4.74 Å². The van der Waals surface area contributed by atoms with Gasteiger partial charge >= 0.3 is 0 Å². The fraction of sp³-hybridized carbons (Fsp3) is 0.714. The van der Waals surface area contributed by atoms with E-state index < -0.39 is 0 Å². The molecule has 1 aliphatic rings. The molecule has 1 fully saturated rings. The number of rotatable bonds is 5. The highest BCUT2D eigenvalue weighted by atomic mass is 16.5. The molecule has 0 spiro atoms. The maximum absolute atomic E-state index is 5.45. The number of nitrogens with zero attached hydrogens (tertiary/aromatic N) is 2. The Kier molecular flexibility index (Phi) is 4.96.